The largest absolute Gasteiger partial charge is 0.370 e. The number of hydrogen-bond donors (Lipinski definition) is 2. The summed E-state index contributed by atoms with van der Waals surface area (Å²) in [6, 6.07) is 13.7. The van der Waals surface area contributed by atoms with Crippen molar-refractivity contribution in [3.05, 3.63) is 64.7 Å². The van der Waals surface area contributed by atoms with Gasteiger partial charge in [-0.3, -0.25) is 9.59 Å². The van der Waals surface area contributed by atoms with E-state index in [-0.39, 0.29) is 17.7 Å². The predicted molar refractivity (Wildman–Crippen MR) is 101 cm³/mol. The van der Waals surface area contributed by atoms with Gasteiger partial charge in [0.05, 0.1) is 18.9 Å². The fourth-order valence-corrected chi connectivity index (χ4v) is 3.22. The summed E-state index contributed by atoms with van der Waals surface area (Å²) in [4.78, 5) is 26.7. The molecule has 1 atom stereocenters. The highest BCUT2D eigenvalue weighted by Gasteiger charge is 2.28. The molecule has 0 saturated carbocycles. The molecule has 1 aliphatic rings. The molecular formula is C20H22ClN2O3+. The van der Waals surface area contributed by atoms with Gasteiger partial charge >= 0.3 is 0 Å². The van der Waals surface area contributed by atoms with E-state index in [4.69, 9.17) is 16.3 Å². The van der Waals surface area contributed by atoms with Crippen molar-refractivity contribution >= 4 is 29.0 Å². The molecule has 2 N–H and O–H groups in total. The molecule has 2 aromatic rings. The first-order valence-corrected chi connectivity index (χ1v) is 9.06. The number of benzene rings is 2. The summed E-state index contributed by atoms with van der Waals surface area (Å²) in [6.07, 6.45) is 0. The molecule has 6 heteroatoms. The number of carbonyl (C=O) groups is 2. The molecule has 3 rings (SSSR count). The zero-order valence-corrected chi connectivity index (χ0v) is 15.4. The van der Waals surface area contributed by atoms with E-state index >= 15 is 0 Å². The lowest BCUT2D eigenvalue weighted by atomic mass is 10.0. The lowest BCUT2D eigenvalue weighted by Gasteiger charge is -2.28. The quantitative estimate of drug-likeness (QED) is 0.786. The summed E-state index contributed by atoms with van der Waals surface area (Å²) >= 11 is 6.09. The zero-order valence-electron chi connectivity index (χ0n) is 14.6. The summed E-state index contributed by atoms with van der Waals surface area (Å²) in [5.41, 5.74) is 1.42. The first kappa shape index (κ1) is 18.6. The number of ketones is 1. The molecule has 1 amide bonds. The van der Waals surface area contributed by atoms with Crippen molar-refractivity contribution in [1.82, 2.24) is 0 Å². The minimum Gasteiger partial charge on any atom is -0.370 e. The van der Waals surface area contributed by atoms with E-state index in [0.717, 1.165) is 13.1 Å². The molecule has 26 heavy (non-hydrogen) atoms. The molecule has 2 aromatic carbocycles. The number of hydrogen-bond acceptors (Lipinski definition) is 3. The van der Waals surface area contributed by atoms with Crippen LogP contribution >= 0.6 is 11.6 Å². The molecule has 1 fully saturated rings. The fraction of sp³-hybridized carbons (Fsp3) is 0.300. The molecule has 136 valence electrons. The van der Waals surface area contributed by atoms with E-state index in [9.17, 15) is 9.59 Å². The number of carbonyl (C=O) groups excluding carboxylic acids is 2. The molecule has 5 nitrogen and oxygen atoms in total. The second-order valence-electron chi connectivity index (χ2n) is 6.37. The number of anilines is 1. The molecule has 0 aromatic heterocycles. The SMILES string of the molecule is C[C@@H](C(=O)Nc1ccc(Cl)cc1C(=O)c1ccccc1)[NH+]1CCOCC1. The minimum atomic E-state index is -0.228. The molecule has 0 aliphatic carbocycles. The van der Waals surface area contributed by atoms with Crippen molar-refractivity contribution in [2.24, 2.45) is 0 Å². The molecule has 0 unspecified atom stereocenters. The van der Waals surface area contributed by atoms with Gasteiger partial charge in [0.2, 0.25) is 0 Å². The van der Waals surface area contributed by atoms with Gasteiger partial charge in [-0.1, -0.05) is 41.9 Å². The van der Waals surface area contributed by atoms with Crippen LogP contribution in [0.1, 0.15) is 22.8 Å². The number of rotatable bonds is 5. The van der Waals surface area contributed by atoms with Crippen LogP contribution in [0.5, 0.6) is 0 Å². The Morgan fingerprint density at radius 3 is 2.50 bits per heavy atom. The highest BCUT2D eigenvalue weighted by atomic mass is 35.5. The Kier molecular flexibility index (Phi) is 6.04. The van der Waals surface area contributed by atoms with Gasteiger partial charge in [0.25, 0.3) is 5.91 Å². The van der Waals surface area contributed by atoms with Crippen molar-refractivity contribution in [2.45, 2.75) is 13.0 Å². The van der Waals surface area contributed by atoms with E-state index in [2.05, 4.69) is 5.32 Å². The number of nitrogens with one attached hydrogen (secondary N) is 2. The maximum absolute atomic E-state index is 12.8. The van der Waals surface area contributed by atoms with E-state index in [1.807, 2.05) is 13.0 Å². The first-order chi connectivity index (χ1) is 12.6. The fourth-order valence-electron chi connectivity index (χ4n) is 3.05. The van der Waals surface area contributed by atoms with Gasteiger partial charge in [-0.25, -0.2) is 0 Å². The monoisotopic (exact) mass is 373 g/mol. The Hall–Kier alpha value is -2.21. The number of morpholine rings is 1. The van der Waals surface area contributed by atoms with Gasteiger partial charge in [0.15, 0.2) is 11.8 Å². The number of quaternary nitrogens is 1. The second kappa shape index (κ2) is 8.45. The van der Waals surface area contributed by atoms with E-state index < -0.39 is 0 Å². The zero-order chi connectivity index (χ0) is 18.5. The van der Waals surface area contributed by atoms with E-state index in [1.165, 1.54) is 4.90 Å². The van der Waals surface area contributed by atoms with Crippen molar-refractivity contribution in [3.63, 3.8) is 0 Å². The van der Waals surface area contributed by atoms with Gasteiger partial charge in [0.1, 0.15) is 13.1 Å². The number of amides is 1. The van der Waals surface area contributed by atoms with Crippen molar-refractivity contribution < 1.29 is 19.2 Å². The van der Waals surface area contributed by atoms with Crippen molar-refractivity contribution in [1.29, 1.82) is 0 Å². The standard InChI is InChI=1S/C20H21ClN2O3/c1-14(23-9-11-26-12-10-23)20(25)22-18-8-7-16(21)13-17(18)19(24)15-5-3-2-4-6-15/h2-8,13-14H,9-12H2,1H3,(H,22,25)/p+1/t14-/m0/s1. The Morgan fingerprint density at radius 2 is 1.81 bits per heavy atom. The Morgan fingerprint density at radius 1 is 1.12 bits per heavy atom. The lowest BCUT2D eigenvalue weighted by Crippen LogP contribution is -3.18. The average molecular weight is 374 g/mol. The van der Waals surface area contributed by atoms with Gasteiger partial charge in [-0.05, 0) is 25.1 Å². The summed E-state index contributed by atoms with van der Waals surface area (Å²) in [6.45, 7) is 4.80. The molecule has 1 aliphatic heterocycles. The van der Waals surface area contributed by atoms with Crippen LogP contribution in [-0.2, 0) is 9.53 Å². The maximum Gasteiger partial charge on any atom is 0.282 e. The van der Waals surface area contributed by atoms with Crippen molar-refractivity contribution in [3.8, 4) is 0 Å². The van der Waals surface area contributed by atoms with Crippen LogP contribution in [-0.4, -0.2) is 44.0 Å². The smallest absolute Gasteiger partial charge is 0.282 e. The van der Waals surface area contributed by atoms with Crippen LogP contribution in [0.2, 0.25) is 5.02 Å². The summed E-state index contributed by atoms with van der Waals surface area (Å²) < 4.78 is 5.35. The van der Waals surface area contributed by atoms with Gasteiger partial charge in [-0.2, -0.15) is 0 Å². The molecule has 1 heterocycles. The summed E-state index contributed by atoms with van der Waals surface area (Å²) in [5.74, 6) is -0.291. The van der Waals surface area contributed by atoms with E-state index in [1.54, 1.807) is 42.5 Å². The molecule has 0 bridgehead atoms. The van der Waals surface area contributed by atoms with Crippen LogP contribution in [0, 0.1) is 0 Å². The summed E-state index contributed by atoms with van der Waals surface area (Å²) in [7, 11) is 0. The third-order valence-electron chi connectivity index (χ3n) is 4.66. The van der Waals surface area contributed by atoms with Crippen LogP contribution < -0.4 is 10.2 Å². The van der Waals surface area contributed by atoms with Gasteiger partial charge in [-0.15, -0.1) is 0 Å². The highest BCUT2D eigenvalue weighted by Crippen LogP contribution is 2.23. The number of halogens is 1. The predicted octanol–water partition coefficient (Wildman–Crippen LogP) is 1.81. The molecule has 0 spiro atoms. The third-order valence-corrected chi connectivity index (χ3v) is 4.90. The average Bonchev–Trinajstić information content (AvgIpc) is 2.69. The maximum atomic E-state index is 12.8. The Bertz CT molecular complexity index is 789. The minimum absolute atomic E-state index is 0.119. The number of ether oxygens (including phenoxy) is 1. The van der Waals surface area contributed by atoms with E-state index in [0.29, 0.717) is 35.1 Å². The lowest BCUT2D eigenvalue weighted by molar-refractivity contribution is -0.921. The van der Waals surface area contributed by atoms with Crippen LogP contribution in [0.25, 0.3) is 0 Å². The Labute approximate surface area is 157 Å². The van der Waals surface area contributed by atoms with Gasteiger partial charge in [0, 0.05) is 16.1 Å². The normalized spacial score (nSPS) is 16.1. The van der Waals surface area contributed by atoms with Gasteiger partial charge < -0.3 is 15.0 Å². The van der Waals surface area contributed by atoms with Crippen LogP contribution in [0.15, 0.2) is 48.5 Å². The topological polar surface area (TPSA) is 59.8 Å². The second-order valence-corrected chi connectivity index (χ2v) is 6.80. The third kappa shape index (κ3) is 4.30. The highest BCUT2D eigenvalue weighted by molar-refractivity contribution is 6.31. The van der Waals surface area contributed by atoms with Crippen LogP contribution in [0.3, 0.4) is 0 Å². The van der Waals surface area contributed by atoms with Crippen LogP contribution in [0.4, 0.5) is 5.69 Å². The molecular weight excluding hydrogens is 352 g/mol. The Balaban J connectivity index is 1.81. The summed E-state index contributed by atoms with van der Waals surface area (Å²) in [5, 5.41) is 3.36. The molecule has 0 radical (unpaired) electrons. The molecule has 1 saturated heterocycles. The first-order valence-electron chi connectivity index (χ1n) is 8.69. The van der Waals surface area contributed by atoms with Crippen molar-refractivity contribution in [2.75, 3.05) is 31.6 Å².